The monoisotopic (exact) mass is 331 g/mol. The van der Waals surface area contributed by atoms with E-state index >= 15 is 0 Å². The number of nitrogens with one attached hydrogen (secondary N) is 1. The van der Waals surface area contributed by atoms with Crippen molar-refractivity contribution >= 4 is 11.6 Å². The Bertz CT molecular complexity index is 555. The molecule has 1 saturated heterocycles. The number of ether oxygens (including phenoxy) is 1. The van der Waals surface area contributed by atoms with Crippen molar-refractivity contribution in [1.82, 2.24) is 5.32 Å². The van der Waals surface area contributed by atoms with Gasteiger partial charge in [-0.2, -0.15) is 0 Å². The molecule has 2 fully saturated rings. The van der Waals surface area contributed by atoms with Gasteiger partial charge in [0.2, 0.25) is 5.91 Å². The SMILES string of the molecule is COc1ccccc1N1CCC(NC(=O)C[C@@H]2CCC[C@H]2N)CC1. The number of hydrogen-bond acceptors (Lipinski definition) is 4. The molecule has 1 saturated carbocycles. The number of nitrogens with two attached hydrogens (primary N) is 1. The summed E-state index contributed by atoms with van der Waals surface area (Å²) in [4.78, 5) is 14.6. The lowest BCUT2D eigenvalue weighted by Gasteiger charge is -2.34. The van der Waals surface area contributed by atoms with Crippen LogP contribution in [0.25, 0.3) is 0 Å². The van der Waals surface area contributed by atoms with Crippen LogP contribution in [0.4, 0.5) is 5.69 Å². The zero-order valence-electron chi connectivity index (χ0n) is 14.5. The highest BCUT2D eigenvalue weighted by molar-refractivity contribution is 5.76. The molecule has 2 atom stereocenters. The molecule has 5 heteroatoms. The second-order valence-electron chi connectivity index (χ2n) is 7.06. The van der Waals surface area contributed by atoms with Crippen LogP contribution in [0.15, 0.2) is 24.3 Å². The maximum atomic E-state index is 12.3. The largest absolute Gasteiger partial charge is 0.495 e. The van der Waals surface area contributed by atoms with Gasteiger partial charge < -0.3 is 20.7 Å². The Morgan fingerprint density at radius 3 is 2.67 bits per heavy atom. The van der Waals surface area contributed by atoms with E-state index in [1.54, 1.807) is 7.11 Å². The maximum absolute atomic E-state index is 12.3. The number of piperidine rings is 1. The highest BCUT2D eigenvalue weighted by Crippen LogP contribution is 2.30. The van der Waals surface area contributed by atoms with Gasteiger partial charge in [0.15, 0.2) is 0 Å². The number of carbonyl (C=O) groups excluding carboxylic acids is 1. The summed E-state index contributed by atoms with van der Waals surface area (Å²) in [7, 11) is 1.71. The van der Waals surface area contributed by atoms with E-state index in [-0.39, 0.29) is 18.0 Å². The Morgan fingerprint density at radius 1 is 1.25 bits per heavy atom. The Hall–Kier alpha value is -1.75. The third-order valence-corrected chi connectivity index (χ3v) is 5.45. The fourth-order valence-corrected chi connectivity index (χ4v) is 4.00. The van der Waals surface area contributed by atoms with Crippen molar-refractivity contribution in [3.05, 3.63) is 24.3 Å². The van der Waals surface area contributed by atoms with Crippen LogP contribution in [0.5, 0.6) is 5.75 Å². The third-order valence-electron chi connectivity index (χ3n) is 5.45. The minimum atomic E-state index is 0.174. The first-order chi connectivity index (χ1) is 11.7. The molecular formula is C19H29N3O2. The topological polar surface area (TPSA) is 67.6 Å². The van der Waals surface area contributed by atoms with Gasteiger partial charge in [0.05, 0.1) is 12.8 Å². The van der Waals surface area contributed by atoms with E-state index in [0.29, 0.717) is 12.3 Å². The molecule has 0 bridgehead atoms. The van der Waals surface area contributed by atoms with Crippen molar-refractivity contribution in [2.24, 2.45) is 11.7 Å². The highest BCUT2D eigenvalue weighted by Gasteiger charge is 2.28. The van der Waals surface area contributed by atoms with Gasteiger partial charge in [-0.15, -0.1) is 0 Å². The molecule has 1 aliphatic carbocycles. The number of carbonyl (C=O) groups is 1. The molecule has 3 N–H and O–H groups in total. The molecule has 132 valence electrons. The first kappa shape index (κ1) is 17.1. The normalized spacial score (nSPS) is 24.8. The van der Waals surface area contributed by atoms with E-state index in [1.807, 2.05) is 18.2 Å². The molecule has 1 aromatic rings. The van der Waals surface area contributed by atoms with Gasteiger partial charge >= 0.3 is 0 Å². The van der Waals surface area contributed by atoms with E-state index < -0.39 is 0 Å². The smallest absolute Gasteiger partial charge is 0.220 e. The summed E-state index contributed by atoms with van der Waals surface area (Å²) in [6.07, 6.45) is 5.86. The summed E-state index contributed by atoms with van der Waals surface area (Å²) >= 11 is 0. The van der Waals surface area contributed by atoms with Gasteiger partial charge in [-0.3, -0.25) is 4.79 Å². The van der Waals surface area contributed by atoms with Gasteiger partial charge in [0, 0.05) is 31.6 Å². The number of amides is 1. The number of rotatable bonds is 5. The van der Waals surface area contributed by atoms with Gasteiger partial charge in [0.1, 0.15) is 5.75 Å². The van der Waals surface area contributed by atoms with E-state index in [0.717, 1.165) is 56.6 Å². The van der Waals surface area contributed by atoms with Crippen LogP contribution in [-0.2, 0) is 4.79 Å². The summed E-state index contributed by atoms with van der Waals surface area (Å²) in [5.41, 5.74) is 7.21. The maximum Gasteiger partial charge on any atom is 0.220 e. The Kier molecular flexibility index (Phi) is 5.61. The lowest BCUT2D eigenvalue weighted by molar-refractivity contribution is -0.122. The fourth-order valence-electron chi connectivity index (χ4n) is 4.00. The number of anilines is 1. The van der Waals surface area contributed by atoms with Crippen LogP contribution in [0.3, 0.4) is 0 Å². The molecule has 24 heavy (non-hydrogen) atoms. The van der Waals surface area contributed by atoms with E-state index in [1.165, 1.54) is 0 Å². The van der Waals surface area contributed by atoms with Crippen molar-refractivity contribution in [2.45, 2.75) is 50.6 Å². The predicted molar refractivity (Wildman–Crippen MR) is 96.3 cm³/mol. The van der Waals surface area contributed by atoms with Crippen molar-refractivity contribution < 1.29 is 9.53 Å². The zero-order valence-corrected chi connectivity index (χ0v) is 14.5. The van der Waals surface area contributed by atoms with E-state index in [9.17, 15) is 4.79 Å². The van der Waals surface area contributed by atoms with E-state index in [2.05, 4.69) is 16.3 Å². The Morgan fingerprint density at radius 2 is 2.00 bits per heavy atom. The summed E-state index contributed by atoms with van der Waals surface area (Å²) in [5, 5.41) is 3.21. The van der Waals surface area contributed by atoms with Gasteiger partial charge in [0.25, 0.3) is 0 Å². The summed E-state index contributed by atoms with van der Waals surface area (Å²) in [5.74, 6) is 1.46. The molecule has 1 aromatic carbocycles. The number of hydrogen-bond donors (Lipinski definition) is 2. The lowest BCUT2D eigenvalue weighted by Crippen LogP contribution is -2.45. The van der Waals surface area contributed by atoms with Gasteiger partial charge in [-0.1, -0.05) is 18.6 Å². The van der Waals surface area contributed by atoms with Crippen LogP contribution >= 0.6 is 0 Å². The van der Waals surface area contributed by atoms with Crippen molar-refractivity contribution in [2.75, 3.05) is 25.1 Å². The lowest BCUT2D eigenvalue weighted by atomic mass is 9.98. The first-order valence-corrected chi connectivity index (χ1v) is 9.10. The predicted octanol–water partition coefficient (Wildman–Crippen LogP) is 2.30. The molecule has 0 spiro atoms. The number of para-hydroxylation sites is 2. The minimum Gasteiger partial charge on any atom is -0.495 e. The quantitative estimate of drug-likeness (QED) is 0.869. The molecular weight excluding hydrogens is 302 g/mol. The molecule has 1 amide bonds. The minimum absolute atomic E-state index is 0.174. The zero-order chi connectivity index (χ0) is 16.9. The van der Waals surface area contributed by atoms with Crippen molar-refractivity contribution in [1.29, 1.82) is 0 Å². The van der Waals surface area contributed by atoms with Crippen LogP contribution in [0.1, 0.15) is 38.5 Å². The Balaban J connectivity index is 1.47. The number of nitrogens with zero attached hydrogens (tertiary/aromatic N) is 1. The summed E-state index contributed by atoms with van der Waals surface area (Å²) in [6.45, 7) is 1.88. The Labute approximate surface area is 144 Å². The third kappa shape index (κ3) is 4.01. The molecule has 1 aliphatic heterocycles. The molecule has 1 heterocycles. The number of methoxy groups -OCH3 is 1. The van der Waals surface area contributed by atoms with Crippen LogP contribution in [0, 0.1) is 5.92 Å². The van der Waals surface area contributed by atoms with Crippen LogP contribution in [-0.4, -0.2) is 38.2 Å². The van der Waals surface area contributed by atoms with Gasteiger partial charge in [-0.05, 0) is 43.7 Å². The average Bonchev–Trinajstić information content (AvgIpc) is 3.00. The van der Waals surface area contributed by atoms with Crippen LogP contribution < -0.4 is 20.7 Å². The van der Waals surface area contributed by atoms with Crippen molar-refractivity contribution in [3.8, 4) is 5.75 Å². The molecule has 0 aromatic heterocycles. The summed E-state index contributed by atoms with van der Waals surface area (Å²) < 4.78 is 5.45. The van der Waals surface area contributed by atoms with Crippen molar-refractivity contribution in [3.63, 3.8) is 0 Å². The first-order valence-electron chi connectivity index (χ1n) is 9.10. The average molecular weight is 331 g/mol. The van der Waals surface area contributed by atoms with E-state index in [4.69, 9.17) is 10.5 Å². The van der Waals surface area contributed by atoms with Gasteiger partial charge in [-0.25, -0.2) is 0 Å². The number of benzene rings is 1. The molecule has 0 unspecified atom stereocenters. The molecule has 0 radical (unpaired) electrons. The standard InChI is InChI=1S/C19H29N3O2/c1-24-18-8-3-2-7-17(18)22-11-9-15(10-12-22)21-19(23)13-14-5-4-6-16(14)20/h2-3,7-8,14-16H,4-6,9-13,20H2,1H3,(H,21,23)/t14-,16+/m0/s1. The highest BCUT2D eigenvalue weighted by atomic mass is 16.5. The second kappa shape index (κ2) is 7.88. The second-order valence-corrected chi connectivity index (χ2v) is 7.06. The summed E-state index contributed by atoms with van der Waals surface area (Å²) in [6, 6.07) is 8.61. The molecule has 2 aliphatic rings. The fraction of sp³-hybridized carbons (Fsp3) is 0.632. The molecule has 5 nitrogen and oxygen atoms in total. The van der Waals surface area contributed by atoms with Crippen LogP contribution in [0.2, 0.25) is 0 Å². The molecule has 3 rings (SSSR count).